The Hall–Kier alpha value is -1.68. The summed E-state index contributed by atoms with van der Waals surface area (Å²) in [5, 5.41) is 3.46. The molecule has 0 unspecified atom stereocenters. The lowest BCUT2D eigenvalue weighted by molar-refractivity contribution is 0.102. The van der Waals surface area contributed by atoms with Crippen molar-refractivity contribution in [2.24, 2.45) is 0 Å². The highest BCUT2D eigenvalue weighted by Gasteiger charge is 2.09. The summed E-state index contributed by atoms with van der Waals surface area (Å²) < 4.78 is 13.4. The van der Waals surface area contributed by atoms with Crippen LogP contribution >= 0.6 is 15.9 Å². The van der Waals surface area contributed by atoms with Crippen molar-refractivity contribution < 1.29 is 9.18 Å². The molecule has 0 heterocycles. The number of hydrogen-bond donors (Lipinski definition) is 1. The van der Waals surface area contributed by atoms with Gasteiger partial charge in [0.1, 0.15) is 5.82 Å². The second kappa shape index (κ2) is 5.97. The smallest absolute Gasteiger partial charge is 0.255 e. The summed E-state index contributed by atoms with van der Waals surface area (Å²) in [6.45, 7) is 1.64. The van der Waals surface area contributed by atoms with Gasteiger partial charge in [0.25, 0.3) is 5.91 Å². The first-order chi connectivity index (χ1) is 9.11. The maximum atomic E-state index is 13.4. The highest BCUT2D eigenvalue weighted by Crippen LogP contribution is 2.18. The molecule has 1 N–H and O–H groups in total. The monoisotopic (exact) mass is 321 g/mol. The molecule has 0 aliphatic carbocycles. The average molecular weight is 322 g/mol. The summed E-state index contributed by atoms with van der Waals surface area (Å²) >= 11 is 3.35. The van der Waals surface area contributed by atoms with E-state index < -0.39 is 0 Å². The summed E-state index contributed by atoms with van der Waals surface area (Å²) in [5.74, 6) is -0.567. The molecule has 2 aromatic rings. The standard InChI is InChI=1S/C15H13BrFNO/c1-10-13(17)3-2-4-14(10)18-15(19)12-7-5-11(9-16)6-8-12/h2-8H,9H2,1H3,(H,18,19). The molecule has 0 spiro atoms. The molecular weight excluding hydrogens is 309 g/mol. The molecule has 2 rings (SSSR count). The molecule has 0 fully saturated rings. The van der Waals surface area contributed by atoms with Crippen molar-refractivity contribution in [3.05, 3.63) is 65.0 Å². The van der Waals surface area contributed by atoms with Crippen LogP contribution in [0.15, 0.2) is 42.5 Å². The molecule has 19 heavy (non-hydrogen) atoms. The number of rotatable bonds is 3. The van der Waals surface area contributed by atoms with Gasteiger partial charge in [0.05, 0.1) is 0 Å². The summed E-state index contributed by atoms with van der Waals surface area (Å²) in [4.78, 5) is 12.0. The van der Waals surface area contributed by atoms with Gasteiger partial charge >= 0.3 is 0 Å². The van der Waals surface area contributed by atoms with Crippen LogP contribution in [0.2, 0.25) is 0 Å². The molecule has 1 amide bonds. The van der Waals surface area contributed by atoms with Gasteiger partial charge in [-0.05, 0) is 36.8 Å². The van der Waals surface area contributed by atoms with Crippen LogP contribution in [0.25, 0.3) is 0 Å². The Morgan fingerprint density at radius 2 is 1.89 bits per heavy atom. The van der Waals surface area contributed by atoms with Crippen molar-refractivity contribution in [1.82, 2.24) is 0 Å². The first-order valence-electron chi connectivity index (χ1n) is 5.83. The minimum atomic E-state index is -0.326. The number of nitrogens with one attached hydrogen (secondary N) is 1. The third-order valence-corrected chi connectivity index (χ3v) is 3.53. The van der Waals surface area contributed by atoms with Crippen LogP contribution in [0, 0.1) is 12.7 Å². The van der Waals surface area contributed by atoms with Crippen LogP contribution in [-0.2, 0) is 5.33 Å². The van der Waals surface area contributed by atoms with Crippen LogP contribution in [-0.4, -0.2) is 5.91 Å². The van der Waals surface area contributed by atoms with Gasteiger partial charge in [0, 0.05) is 22.1 Å². The minimum Gasteiger partial charge on any atom is -0.322 e. The fourth-order valence-corrected chi connectivity index (χ4v) is 2.06. The van der Waals surface area contributed by atoms with E-state index in [0.717, 1.165) is 10.9 Å². The number of carbonyl (C=O) groups is 1. The van der Waals surface area contributed by atoms with Crippen molar-refractivity contribution in [3.8, 4) is 0 Å². The lowest BCUT2D eigenvalue weighted by atomic mass is 10.1. The predicted octanol–water partition coefficient (Wildman–Crippen LogP) is 4.28. The Morgan fingerprint density at radius 3 is 2.53 bits per heavy atom. The second-order valence-electron chi connectivity index (χ2n) is 4.20. The zero-order chi connectivity index (χ0) is 13.8. The van der Waals surface area contributed by atoms with Gasteiger partial charge in [0.15, 0.2) is 0 Å². The lowest BCUT2D eigenvalue weighted by Crippen LogP contribution is -2.13. The van der Waals surface area contributed by atoms with Crippen LogP contribution in [0.4, 0.5) is 10.1 Å². The molecule has 4 heteroatoms. The lowest BCUT2D eigenvalue weighted by Gasteiger charge is -2.09. The minimum absolute atomic E-state index is 0.241. The van der Waals surface area contributed by atoms with Gasteiger partial charge in [0.2, 0.25) is 0 Å². The van der Waals surface area contributed by atoms with E-state index in [9.17, 15) is 9.18 Å². The number of alkyl halides is 1. The van der Waals surface area contributed by atoms with Gasteiger partial charge < -0.3 is 5.32 Å². The molecule has 98 valence electrons. The molecule has 0 saturated carbocycles. The summed E-state index contributed by atoms with van der Waals surface area (Å²) in [6.07, 6.45) is 0. The van der Waals surface area contributed by atoms with E-state index in [-0.39, 0.29) is 11.7 Å². The van der Waals surface area contributed by atoms with E-state index in [1.165, 1.54) is 6.07 Å². The second-order valence-corrected chi connectivity index (χ2v) is 4.76. The Kier molecular flexibility index (Phi) is 4.32. The third-order valence-electron chi connectivity index (χ3n) is 2.89. The average Bonchev–Trinajstić information content (AvgIpc) is 2.44. The molecule has 0 aromatic heterocycles. The number of halogens is 2. The SMILES string of the molecule is Cc1c(F)cccc1NC(=O)c1ccc(CBr)cc1. The Morgan fingerprint density at radius 1 is 1.21 bits per heavy atom. The Bertz CT molecular complexity index is 596. The van der Waals surface area contributed by atoms with E-state index in [4.69, 9.17) is 0 Å². The van der Waals surface area contributed by atoms with Crippen molar-refractivity contribution in [1.29, 1.82) is 0 Å². The first-order valence-corrected chi connectivity index (χ1v) is 6.95. The fourth-order valence-electron chi connectivity index (χ4n) is 1.68. The maximum absolute atomic E-state index is 13.4. The normalized spacial score (nSPS) is 10.3. The molecule has 0 atom stereocenters. The van der Waals surface area contributed by atoms with E-state index >= 15 is 0 Å². The molecule has 0 aliphatic heterocycles. The van der Waals surface area contributed by atoms with Crippen molar-refractivity contribution in [2.45, 2.75) is 12.3 Å². The van der Waals surface area contributed by atoms with Crippen molar-refractivity contribution in [2.75, 3.05) is 5.32 Å². The van der Waals surface area contributed by atoms with E-state index in [2.05, 4.69) is 21.2 Å². The molecule has 0 saturated heterocycles. The van der Waals surface area contributed by atoms with Crippen LogP contribution in [0.3, 0.4) is 0 Å². The number of benzene rings is 2. The zero-order valence-corrected chi connectivity index (χ0v) is 12.0. The molecule has 2 nitrogen and oxygen atoms in total. The Balaban J connectivity index is 2.18. The summed E-state index contributed by atoms with van der Waals surface area (Å²) in [6, 6.07) is 11.9. The molecular formula is C15H13BrFNO. The summed E-state index contributed by atoms with van der Waals surface area (Å²) in [5.41, 5.74) is 2.58. The third kappa shape index (κ3) is 3.20. The highest BCUT2D eigenvalue weighted by molar-refractivity contribution is 9.08. The number of carbonyl (C=O) groups excluding carboxylic acids is 1. The predicted molar refractivity (Wildman–Crippen MR) is 78.2 cm³/mol. The van der Waals surface area contributed by atoms with E-state index in [1.807, 2.05) is 12.1 Å². The van der Waals surface area contributed by atoms with Crippen LogP contribution < -0.4 is 5.32 Å². The van der Waals surface area contributed by atoms with Gasteiger partial charge in [-0.1, -0.05) is 34.1 Å². The largest absolute Gasteiger partial charge is 0.322 e. The molecule has 2 aromatic carbocycles. The first kappa shape index (κ1) is 13.7. The number of anilines is 1. The zero-order valence-electron chi connectivity index (χ0n) is 10.4. The van der Waals surface area contributed by atoms with Gasteiger partial charge in [-0.3, -0.25) is 4.79 Å². The van der Waals surface area contributed by atoms with Crippen molar-refractivity contribution in [3.63, 3.8) is 0 Å². The van der Waals surface area contributed by atoms with Crippen LogP contribution in [0.5, 0.6) is 0 Å². The molecule has 0 radical (unpaired) electrons. The molecule has 0 bridgehead atoms. The van der Waals surface area contributed by atoms with Gasteiger partial charge in [-0.15, -0.1) is 0 Å². The topological polar surface area (TPSA) is 29.1 Å². The highest BCUT2D eigenvalue weighted by atomic mass is 79.9. The fraction of sp³-hybridized carbons (Fsp3) is 0.133. The molecule has 0 aliphatic rings. The maximum Gasteiger partial charge on any atom is 0.255 e. The summed E-state index contributed by atoms with van der Waals surface area (Å²) in [7, 11) is 0. The van der Waals surface area contributed by atoms with Gasteiger partial charge in [-0.2, -0.15) is 0 Å². The van der Waals surface area contributed by atoms with E-state index in [0.29, 0.717) is 16.8 Å². The van der Waals surface area contributed by atoms with Crippen LogP contribution in [0.1, 0.15) is 21.5 Å². The van der Waals surface area contributed by atoms with E-state index in [1.54, 1.807) is 31.2 Å². The number of hydrogen-bond acceptors (Lipinski definition) is 1. The Labute approximate surface area is 119 Å². The quantitative estimate of drug-likeness (QED) is 0.840. The number of amides is 1. The van der Waals surface area contributed by atoms with Crippen molar-refractivity contribution >= 4 is 27.5 Å². The van der Waals surface area contributed by atoms with Gasteiger partial charge in [-0.25, -0.2) is 4.39 Å².